The van der Waals surface area contributed by atoms with Crippen LogP contribution in [0.15, 0.2) is 48.5 Å². The van der Waals surface area contributed by atoms with Crippen molar-refractivity contribution in [2.75, 3.05) is 86.3 Å². The molecule has 2 aromatic rings. The van der Waals surface area contributed by atoms with E-state index in [1.807, 2.05) is 45.0 Å². The highest BCUT2D eigenvalue weighted by Gasteiger charge is 2.22. The summed E-state index contributed by atoms with van der Waals surface area (Å²) in [6.45, 7) is 26.3. The summed E-state index contributed by atoms with van der Waals surface area (Å²) in [4.78, 5) is 21.8. The van der Waals surface area contributed by atoms with E-state index in [0.717, 1.165) is 49.4 Å². The first kappa shape index (κ1) is 36.5. The van der Waals surface area contributed by atoms with E-state index in [1.54, 1.807) is 0 Å². The normalized spacial score (nSPS) is 16.5. The van der Waals surface area contributed by atoms with Crippen LogP contribution in [0.2, 0.25) is 0 Å². The highest BCUT2D eigenvalue weighted by Crippen LogP contribution is 2.26. The predicted molar refractivity (Wildman–Crippen MR) is 193 cm³/mol. The van der Waals surface area contributed by atoms with E-state index < -0.39 is 11.7 Å². The molecule has 0 bridgehead atoms. The van der Waals surface area contributed by atoms with Crippen molar-refractivity contribution in [3.8, 4) is 0 Å². The minimum atomic E-state index is -0.487. The van der Waals surface area contributed by atoms with Crippen LogP contribution in [-0.2, 0) is 4.74 Å². The van der Waals surface area contributed by atoms with Crippen LogP contribution >= 0.6 is 0 Å². The van der Waals surface area contributed by atoms with Crippen LogP contribution in [0.1, 0.15) is 74.1 Å². The lowest BCUT2D eigenvalue weighted by Gasteiger charge is -2.35. The summed E-state index contributed by atoms with van der Waals surface area (Å²) in [7, 11) is 0. The van der Waals surface area contributed by atoms with Gasteiger partial charge in [0.25, 0.3) is 0 Å². The number of ether oxygens (including phenoxy) is 1. The molecule has 45 heavy (non-hydrogen) atoms. The number of rotatable bonds is 11. The van der Waals surface area contributed by atoms with Gasteiger partial charge in [-0.15, -0.1) is 0 Å². The minimum Gasteiger partial charge on any atom is -0.444 e. The fourth-order valence-corrected chi connectivity index (χ4v) is 6.30. The highest BCUT2D eigenvalue weighted by atomic mass is 16.6. The lowest BCUT2D eigenvalue weighted by atomic mass is 9.95. The molecular formula is C37H62N6O2. The van der Waals surface area contributed by atoms with E-state index >= 15 is 0 Å². The number of nitrogens with one attached hydrogen (secondary N) is 1. The second-order valence-electron chi connectivity index (χ2n) is 13.6. The average molecular weight is 623 g/mol. The molecule has 0 unspecified atom stereocenters. The Morgan fingerprint density at radius 3 is 1.47 bits per heavy atom. The molecule has 2 aliphatic heterocycles. The summed E-state index contributed by atoms with van der Waals surface area (Å²) in [5.41, 5.74) is 9.40. The smallest absolute Gasteiger partial charge is 0.412 e. The van der Waals surface area contributed by atoms with Gasteiger partial charge in [-0.05, 0) is 133 Å². The molecule has 4 rings (SSSR count). The van der Waals surface area contributed by atoms with Crippen molar-refractivity contribution in [3.05, 3.63) is 48.5 Å². The number of carbonyl (C=O) groups is 1. The number of anilines is 4. The topological polar surface area (TPSA) is 77.3 Å². The van der Waals surface area contributed by atoms with E-state index in [-0.39, 0.29) is 0 Å². The molecule has 1 amide bonds. The van der Waals surface area contributed by atoms with Crippen molar-refractivity contribution >= 4 is 28.8 Å². The number of amides is 1. The van der Waals surface area contributed by atoms with Crippen LogP contribution in [0.5, 0.6) is 0 Å². The highest BCUT2D eigenvalue weighted by molar-refractivity contribution is 5.85. The van der Waals surface area contributed by atoms with Gasteiger partial charge in [-0.1, -0.05) is 27.7 Å². The van der Waals surface area contributed by atoms with Gasteiger partial charge in [0, 0.05) is 62.0 Å². The van der Waals surface area contributed by atoms with Crippen LogP contribution < -0.4 is 20.9 Å². The molecule has 0 aromatic heterocycles. The van der Waals surface area contributed by atoms with Crippen LogP contribution in [0.4, 0.5) is 27.5 Å². The summed E-state index contributed by atoms with van der Waals surface area (Å²) in [5, 5.41) is 2.78. The molecule has 2 saturated heterocycles. The molecule has 0 atom stereocenters. The molecule has 2 aromatic carbocycles. The lowest BCUT2D eigenvalue weighted by Crippen LogP contribution is -2.38. The lowest BCUT2D eigenvalue weighted by molar-refractivity contribution is 0.0636. The number of carbonyl (C=O) groups excluding carboxylic acids is 1. The molecule has 0 aliphatic carbocycles. The maximum Gasteiger partial charge on any atom is 0.412 e. The minimum absolute atomic E-state index is 0.414. The predicted octanol–water partition coefficient (Wildman–Crippen LogP) is 7.42. The van der Waals surface area contributed by atoms with Gasteiger partial charge < -0.3 is 30.1 Å². The van der Waals surface area contributed by atoms with E-state index in [1.165, 1.54) is 76.3 Å². The van der Waals surface area contributed by atoms with Gasteiger partial charge in [-0.3, -0.25) is 5.32 Å². The first-order valence-corrected chi connectivity index (χ1v) is 17.4. The number of hydrogen-bond donors (Lipinski definition) is 2. The number of benzene rings is 2. The van der Waals surface area contributed by atoms with Crippen molar-refractivity contribution in [2.45, 2.75) is 79.8 Å². The standard InChI is InChI=1S/C21H35N3O2.C16H27N3/c1-6-23(7-2)16-17-12-14-24(15-13-17)19-10-8-18(9-11-19)22-20(25)26-21(3,4)5;1-3-18(4-2)13-14-9-11-19(12-10-14)16-7-5-15(17)6-8-16/h8-11,17H,6-7,12-16H2,1-5H3,(H,22,25);5-8,14H,3-4,9-13,17H2,1-2H3. The Hall–Kier alpha value is -2.97. The maximum absolute atomic E-state index is 11.8. The second kappa shape index (κ2) is 18.2. The van der Waals surface area contributed by atoms with E-state index in [9.17, 15) is 4.79 Å². The average Bonchev–Trinajstić information content (AvgIpc) is 3.03. The Morgan fingerprint density at radius 2 is 1.11 bits per heavy atom. The van der Waals surface area contributed by atoms with Gasteiger partial charge in [0.1, 0.15) is 5.60 Å². The van der Waals surface area contributed by atoms with Crippen molar-refractivity contribution < 1.29 is 9.53 Å². The first-order valence-electron chi connectivity index (χ1n) is 17.4. The summed E-state index contributed by atoms with van der Waals surface area (Å²) in [6.07, 6.45) is 4.69. The Balaban J connectivity index is 0.000000257. The zero-order chi connectivity index (χ0) is 32.8. The fourth-order valence-electron chi connectivity index (χ4n) is 6.30. The number of piperidine rings is 2. The van der Waals surface area contributed by atoms with Crippen LogP contribution in [-0.4, -0.2) is 86.9 Å². The van der Waals surface area contributed by atoms with Crippen molar-refractivity contribution in [1.82, 2.24) is 9.80 Å². The van der Waals surface area contributed by atoms with Gasteiger partial charge in [-0.2, -0.15) is 0 Å². The van der Waals surface area contributed by atoms with Gasteiger partial charge in [-0.25, -0.2) is 4.79 Å². The summed E-state index contributed by atoms with van der Waals surface area (Å²) in [6, 6.07) is 16.3. The number of nitrogens with zero attached hydrogens (tertiary/aromatic N) is 4. The third-order valence-corrected chi connectivity index (χ3v) is 9.19. The maximum atomic E-state index is 11.8. The quantitative estimate of drug-likeness (QED) is 0.253. The Labute approximate surface area is 274 Å². The molecule has 0 saturated carbocycles. The molecule has 0 radical (unpaired) electrons. The number of nitrogens with two attached hydrogens (primary N) is 1. The monoisotopic (exact) mass is 622 g/mol. The summed E-state index contributed by atoms with van der Waals surface area (Å²) in [5.74, 6) is 1.67. The van der Waals surface area contributed by atoms with Gasteiger partial charge >= 0.3 is 6.09 Å². The molecule has 8 heteroatoms. The van der Waals surface area contributed by atoms with Crippen molar-refractivity contribution in [1.29, 1.82) is 0 Å². The zero-order valence-electron chi connectivity index (χ0n) is 29.4. The second-order valence-corrected chi connectivity index (χ2v) is 13.6. The third-order valence-electron chi connectivity index (χ3n) is 9.19. The fraction of sp³-hybridized carbons (Fsp3) is 0.649. The van der Waals surface area contributed by atoms with Crippen LogP contribution in [0.3, 0.4) is 0 Å². The SMILES string of the molecule is CCN(CC)CC1CCN(c2ccc(N)cc2)CC1.CCN(CC)CC1CCN(c2ccc(NC(=O)OC(C)(C)C)cc2)CC1. The molecule has 2 fully saturated rings. The van der Waals surface area contributed by atoms with Gasteiger partial charge in [0.15, 0.2) is 0 Å². The Morgan fingerprint density at radius 1 is 0.733 bits per heavy atom. The Bertz CT molecular complexity index is 1090. The molecule has 0 spiro atoms. The van der Waals surface area contributed by atoms with Crippen molar-refractivity contribution in [3.63, 3.8) is 0 Å². The van der Waals surface area contributed by atoms with Gasteiger partial charge in [0.05, 0.1) is 0 Å². The number of hydrogen-bond acceptors (Lipinski definition) is 7. The number of nitrogen functional groups attached to an aromatic ring is 1. The van der Waals surface area contributed by atoms with E-state index in [2.05, 4.69) is 76.9 Å². The molecule has 8 nitrogen and oxygen atoms in total. The molecule has 2 aliphatic rings. The molecule has 2 heterocycles. The van der Waals surface area contributed by atoms with Crippen LogP contribution in [0.25, 0.3) is 0 Å². The van der Waals surface area contributed by atoms with Crippen molar-refractivity contribution in [2.24, 2.45) is 11.8 Å². The molecule has 3 N–H and O–H groups in total. The zero-order valence-corrected chi connectivity index (χ0v) is 29.4. The summed E-state index contributed by atoms with van der Waals surface area (Å²) < 4.78 is 5.29. The first-order chi connectivity index (χ1) is 21.5. The van der Waals surface area contributed by atoms with E-state index in [0.29, 0.717) is 0 Å². The van der Waals surface area contributed by atoms with Gasteiger partial charge in [0.2, 0.25) is 0 Å². The van der Waals surface area contributed by atoms with E-state index in [4.69, 9.17) is 10.5 Å². The summed E-state index contributed by atoms with van der Waals surface area (Å²) >= 11 is 0. The molecule has 252 valence electrons. The Kier molecular flexibility index (Phi) is 14.8. The molecular weight excluding hydrogens is 560 g/mol. The van der Waals surface area contributed by atoms with Crippen LogP contribution in [0, 0.1) is 11.8 Å². The third kappa shape index (κ3) is 12.7. The largest absolute Gasteiger partial charge is 0.444 e.